The number of carbonyl (C=O) groups is 1. The highest BCUT2D eigenvalue weighted by Gasteiger charge is 2.14. The molecule has 3 aromatic carbocycles. The maximum atomic E-state index is 12.6. The van der Waals surface area contributed by atoms with Gasteiger partial charge in [-0.25, -0.2) is 4.98 Å². The second-order valence-corrected chi connectivity index (χ2v) is 8.21. The van der Waals surface area contributed by atoms with E-state index >= 15 is 0 Å². The van der Waals surface area contributed by atoms with Gasteiger partial charge in [-0.2, -0.15) is 0 Å². The van der Waals surface area contributed by atoms with Crippen molar-refractivity contribution in [3.8, 4) is 5.75 Å². The fourth-order valence-corrected chi connectivity index (χ4v) is 3.90. The zero-order valence-corrected chi connectivity index (χ0v) is 19.0. The first kappa shape index (κ1) is 21.9. The van der Waals surface area contributed by atoms with E-state index in [2.05, 4.69) is 41.9 Å². The molecule has 0 bridgehead atoms. The largest absolute Gasteiger partial charge is 0.493 e. The Balaban J connectivity index is 1.45. The number of fused-ring (bicyclic) bond motifs is 1. The van der Waals surface area contributed by atoms with E-state index in [0.29, 0.717) is 23.7 Å². The van der Waals surface area contributed by atoms with Gasteiger partial charge in [0, 0.05) is 6.54 Å². The average Bonchev–Trinajstić information content (AvgIpc) is 3.15. The van der Waals surface area contributed by atoms with Gasteiger partial charge in [-0.15, -0.1) is 0 Å². The van der Waals surface area contributed by atoms with E-state index in [9.17, 15) is 4.79 Å². The monoisotopic (exact) mass is 447 g/mol. The summed E-state index contributed by atoms with van der Waals surface area (Å²) in [5.41, 5.74) is 4.72. The predicted molar refractivity (Wildman–Crippen MR) is 128 cm³/mol. The molecule has 4 rings (SSSR count). The zero-order valence-electron chi connectivity index (χ0n) is 18.3. The van der Waals surface area contributed by atoms with Gasteiger partial charge in [-0.05, 0) is 61.7 Å². The molecule has 0 radical (unpaired) electrons. The van der Waals surface area contributed by atoms with Crippen molar-refractivity contribution in [2.24, 2.45) is 0 Å². The summed E-state index contributed by atoms with van der Waals surface area (Å²) < 4.78 is 8.17. The standard InChI is InChI=1S/C26H26ClN3O2/c1-18-12-13-19(2)24(16-18)32-15-7-14-30-23-11-6-5-10-22(23)29-25(30)17-28-26(31)20-8-3-4-9-21(20)27/h3-6,8-13,16H,7,14-15,17H2,1-2H3,(H,28,31). The first-order valence-electron chi connectivity index (χ1n) is 10.7. The van der Waals surface area contributed by atoms with Crippen molar-refractivity contribution in [2.45, 2.75) is 33.4 Å². The lowest BCUT2D eigenvalue weighted by Crippen LogP contribution is -2.25. The zero-order chi connectivity index (χ0) is 22.5. The highest BCUT2D eigenvalue weighted by atomic mass is 35.5. The Bertz CT molecular complexity index is 1250. The minimum Gasteiger partial charge on any atom is -0.493 e. The smallest absolute Gasteiger partial charge is 0.253 e. The van der Waals surface area contributed by atoms with Gasteiger partial charge in [0.25, 0.3) is 5.91 Å². The first-order chi connectivity index (χ1) is 15.5. The number of ether oxygens (including phenoxy) is 1. The van der Waals surface area contributed by atoms with E-state index < -0.39 is 0 Å². The van der Waals surface area contributed by atoms with Crippen LogP contribution in [0.4, 0.5) is 0 Å². The molecule has 0 unspecified atom stereocenters. The van der Waals surface area contributed by atoms with E-state index in [4.69, 9.17) is 21.3 Å². The number of hydrogen-bond donors (Lipinski definition) is 1. The number of hydrogen-bond acceptors (Lipinski definition) is 3. The molecule has 5 nitrogen and oxygen atoms in total. The van der Waals surface area contributed by atoms with Gasteiger partial charge < -0.3 is 14.6 Å². The molecule has 0 atom stereocenters. The first-order valence-corrected chi connectivity index (χ1v) is 11.1. The van der Waals surface area contributed by atoms with Crippen molar-refractivity contribution < 1.29 is 9.53 Å². The second-order valence-electron chi connectivity index (χ2n) is 7.80. The molecule has 1 amide bonds. The Morgan fingerprint density at radius 1 is 1.06 bits per heavy atom. The summed E-state index contributed by atoms with van der Waals surface area (Å²) in [5.74, 6) is 1.51. The van der Waals surface area contributed by atoms with E-state index in [1.165, 1.54) is 5.56 Å². The van der Waals surface area contributed by atoms with Crippen LogP contribution in [0.1, 0.15) is 33.7 Å². The minimum atomic E-state index is -0.215. The summed E-state index contributed by atoms with van der Waals surface area (Å²) in [5, 5.41) is 3.38. The molecule has 0 aliphatic rings. The van der Waals surface area contributed by atoms with Crippen LogP contribution in [0.3, 0.4) is 0 Å². The van der Waals surface area contributed by atoms with Gasteiger partial charge in [0.2, 0.25) is 0 Å². The quantitative estimate of drug-likeness (QED) is 0.352. The van der Waals surface area contributed by atoms with Crippen LogP contribution < -0.4 is 10.1 Å². The number of carbonyl (C=O) groups excluding carboxylic acids is 1. The van der Waals surface area contributed by atoms with Gasteiger partial charge >= 0.3 is 0 Å². The molecule has 1 aromatic heterocycles. The van der Waals surface area contributed by atoms with Crippen LogP contribution in [0, 0.1) is 13.8 Å². The maximum Gasteiger partial charge on any atom is 0.253 e. The van der Waals surface area contributed by atoms with Gasteiger partial charge in [0.15, 0.2) is 0 Å². The molecule has 164 valence electrons. The lowest BCUT2D eigenvalue weighted by Gasteiger charge is -2.13. The number of para-hydroxylation sites is 2. The summed E-state index contributed by atoms with van der Waals surface area (Å²) in [7, 11) is 0. The molecule has 0 saturated heterocycles. The number of aryl methyl sites for hydroxylation is 3. The molecular weight excluding hydrogens is 422 g/mol. The maximum absolute atomic E-state index is 12.6. The van der Waals surface area contributed by atoms with Crippen LogP contribution in [-0.2, 0) is 13.1 Å². The fraction of sp³-hybridized carbons (Fsp3) is 0.231. The highest BCUT2D eigenvalue weighted by molar-refractivity contribution is 6.33. The average molecular weight is 448 g/mol. The fourth-order valence-electron chi connectivity index (χ4n) is 3.68. The Morgan fingerprint density at radius 3 is 2.69 bits per heavy atom. The van der Waals surface area contributed by atoms with Crippen molar-refractivity contribution in [2.75, 3.05) is 6.61 Å². The highest BCUT2D eigenvalue weighted by Crippen LogP contribution is 2.21. The molecule has 0 spiro atoms. The Labute approximate surface area is 193 Å². The minimum absolute atomic E-state index is 0.215. The number of halogens is 1. The van der Waals surface area contributed by atoms with Crippen LogP contribution in [0.15, 0.2) is 66.7 Å². The summed E-state index contributed by atoms with van der Waals surface area (Å²) in [6.07, 6.45) is 0.819. The van der Waals surface area contributed by atoms with Gasteiger partial charge in [0.05, 0.1) is 34.8 Å². The third kappa shape index (κ3) is 4.94. The Hall–Kier alpha value is -3.31. The third-order valence-corrected chi connectivity index (χ3v) is 5.72. The lowest BCUT2D eigenvalue weighted by molar-refractivity contribution is 0.0949. The van der Waals surface area contributed by atoms with Crippen LogP contribution in [0.5, 0.6) is 5.75 Å². The van der Waals surface area contributed by atoms with Crippen LogP contribution in [0.25, 0.3) is 11.0 Å². The lowest BCUT2D eigenvalue weighted by atomic mass is 10.1. The molecule has 0 aliphatic heterocycles. The van der Waals surface area contributed by atoms with Gasteiger partial charge in [-0.3, -0.25) is 4.79 Å². The molecule has 6 heteroatoms. The molecule has 0 aliphatic carbocycles. The SMILES string of the molecule is Cc1ccc(C)c(OCCCn2c(CNC(=O)c3ccccc3Cl)nc3ccccc32)c1. The summed E-state index contributed by atoms with van der Waals surface area (Å²) in [6, 6.07) is 21.3. The predicted octanol–water partition coefficient (Wildman–Crippen LogP) is 5.71. The van der Waals surface area contributed by atoms with Crippen LogP contribution >= 0.6 is 11.6 Å². The number of amides is 1. The summed E-state index contributed by atoms with van der Waals surface area (Å²) in [4.78, 5) is 17.3. The number of rotatable bonds is 8. The second kappa shape index (κ2) is 9.88. The number of benzene rings is 3. The van der Waals surface area contributed by atoms with Crippen molar-refractivity contribution in [1.29, 1.82) is 0 Å². The van der Waals surface area contributed by atoms with E-state index in [1.807, 2.05) is 24.3 Å². The summed E-state index contributed by atoms with van der Waals surface area (Å²) >= 11 is 6.16. The Kier molecular flexibility index (Phi) is 6.76. The molecule has 1 N–H and O–H groups in total. The third-order valence-electron chi connectivity index (χ3n) is 5.39. The van der Waals surface area contributed by atoms with Crippen molar-refractivity contribution in [3.63, 3.8) is 0 Å². The number of nitrogens with zero attached hydrogens (tertiary/aromatic N) is 2. The molecule has 4 aromatic rings. The molecule has 1 heterocycles. The van der Waals surface area contributed by atoms with E-state index in [1.54, 1.807) is 24.3 Å². The number of imidazole rings is 1. The molecule has 0 saturated carbocycles. The van der Waals surface area contributed by atoms with Crippen molar-refractivity contribution in [3.05, 3.63) is 94.3 Å². The van der Waals surface area contributed by atoms with Crippen molar-refractivity contribution in [1.82, 2.24) is 14.9 Å². The molecule has 32 heavy (non-hydrogen) atoms. The van der Waals surface area contributed by atoms with Crippen LogP contribution in [-0.4, -0.2) is 22.1 Å². The van der Waals surface area contributed by atoms with E-state index in [-0.39, 0.29) is 5.91 Å². The van der Waals surface area contributed by atoms with Gasteiger partial charge in [0.1, 0.15) is 11.6 Å². The van der Waals surface area contributed by atoms with E-state index in [0.717, 1.165) is 41.1 Å². The summed E-state index contributed by atoms with van der Waals surface area (Å²) in [6.45, 7) is 5.77. The number of aromatic nitrogens is 2. The topological polar surface area (TPSA) is 56.1 Å². The number of nitrogens with one attached hydrogen (secondary N) is 1. The normalized spacial score (nSPS) is 11.0. The van der Waals surface area contributed by atoms with Crippen molar-refractivity contribution >= 4 is 28.5 Å². The van der Waals surface area contributed by atoms with Gasteiger partial charge in [-0.1, -0.05) is 48.0 Å². The molecular formula is C26H26ClN3O2. The molecule has 0 fully saturated rings. The van der Waals surface area contributed by atoms with Crippen LogP contribution in [0.2, 0.25) is 5.02 Å². The Morgan fingerprint density at radius 2 is 1.84 bits per heavy atom.